The van der Waals surface area contributed by atoms with Crippen LogP contribution in [0, 0.1) is 0 Å². The maximum atomic E-state index is 2.21. The van der Waals surface area contributed by atoms with Crippen LogP contribution in [0.3, 0.4) is 0 Å². The molecule has 1 aromatic rings. The van der Waals surface area contributed by atoms with E-state index < -0.39 is 0 Å². The van der Waals surface area contributed by atoms with Gasteiger partial charge in [0, 0.05) is 11.4 Å². The Morgan fingerprint density at radius 1 is 1.50 bits per heavy atom. The van der Waals surface area contributed by atoms with Crippen molar-refractivity contribution >= 4 is 11.3 Å². The Bertz CT molecular complexity index is 167. The van der Waals surface area contributed by atoms with Gasteiger partial charge in [-0.2, -0.15) is 0 Å². The fourth-order valence-electron chi connectivity index (χ4n) is 0.789. The van der Waals surface area contributed by atoms with E-state index in [2.05, 4.69) is 36.5 Å². The van der Waals surface area contributed by atoms with E-state index in [0.29, 0.717) is 0 Å². The second kappa shape index (κ2) is 3.74. The maximum Gasteiger partial charge on any atom is 0.00579 e. The molecule has 0 bridgehead atoms. The summed E-state index contributed by atoms with van der Waals surface area (Å²) in [5.74, 6) is 0. The van der Waals surface area contributed by atoms with E-state index in [0.717, 1.165) is 6.54 Å². The number of hydrogen-bond acceptors (Lipinski definition) is 2. The van der Waals surface area contributed by atoms with Crippen molar-refractivity contribution in [2.24, 2.45) is 0 Å². The molecule has 56 valence electrons. The third kappa shape index (κ3) is 2.50. The van der Waals surface area contributed by atoms with Crippen molar-refractivity contribution in [3.8, 4) is 0 Å². The molecule has 0 N–H and O–H groups in total. The second-order valence-corrected chi connectivity index (χ2v) is 3.66. The van der Waals surface area contributed by atoms with E-state index >= 15 is 0 Å². The van der Waals surface area contributed by atoms with Crippen LogP contribution in [0.15, 0.2) is 17.5 Å². The minimum Gasteiger partial charge on any atom is -0.309 e. The third-order valence-electron chi connectivity index (χ3n) is 1.39. The molecule has 2 heteroatoms. The van der Waals surface area contributed by atoms with Crippen molar-refractivity contribution in [3.05, 3.63) is 22.4 Å². The maximum absolute atomic E-state index is 2.21. The molecule has 0 saturated heterocycles. The van der Waals surface area contributed by atoms with Crippen molar-refractivity contribution in [2.75, 3.05) is 20.6 Å². The highest BCUT2D eigenvalue weighted by atomic mass is 32.1. The number of nitrogens with zero attached hydrogens (tertiary/aromatic N) is 1. The van der Waals surface area contributed by atoms with Crippen LogP contribution in [-0.4, -0.2) is 25.5 Å². The monoisotopic (exact) mass is 155 g/mol. The van der Waals surface area contributed by atoms with Crippen molar-refractivity contribution in [3.63, 3.8) is 0 Å². The van der Waals surface area contributed by atoms with E-state index in [1.165, 1.54) is 11.3 Å². The SMILES string of the molecule is CN(C)CCc1cccs1. The Kier molecular flexibility index (Phi) is 2.90. The molecule has 1 rings (SSSR count). The lowest BCUT2D eigenvalue weighted by molar-refractivity contribution is 0.415. The van der Waals surface area contributed by atoms with Gasteiger partial charge in [-0.1, -0.05) is 6.07 Å². The van der Waals surface area contributed by atoms with E-state index in [-0.39, 0.29) is 0 Å². The first kappa shape index (κ1) is 7.76. The van der Waals surface area contributed by atoms with Gasteiger partial charge in [0.2, 0.25) is 0 Å². The summed E-state index contributed by atoms with van der Waals surface area (Å²) in [6.45, 7) is 1.15. The molecular formula is C8H13NS. The molecule has 0 aliphatic heterocycles. The summed E-state index contributed by atoms with van der Waals surface area (Å²) in [7, 11) is 4.21. The molecule has 0 aromatic carbocycles. The quantitative estimate of drug-likeness (QED) is 0.644. The molecule has 10 heavy (non-hydrogen) atoms. The average molecular weight is 155 g/mol. The molecule has 0 fully saturated rings. The summed E-state index contributed by atoms with van der Waals surface area (Å²) in [6.07, 6.45) is 1.19. The zero-order valence-electron chi connectivity index (χ0n) is 6.50. The van der Waals surface area contributed by atoms with Crippen LogP contribution in [0.2, 0.25) is 0 Å². The molecule has 0 atom stereocenters. The van der Waals surface area contributed by atoms with Gasteiger partial charge in [0.25, 0.3) is 0 Å². The van der Waals surface area contributed by atoms with E-state index in [9.17, 15) is 0 Å². The zero-order chi connectivity index (χ0) is 7.40. The summed E-state index contributed by atoms with van der Waals surface area (Å²) in [5.41, 5.74) is 0. The summed E-state index contributed by atoms with van der Waals surface area (Å²) >= 11 is 1.84. The Labute approximate surface area is 66.3 Å². The highest BCUT2D eigenvalue weighted by Crippen LogP contribution is 2.08. The van der Waals surface area contributed by atoms with E-state index in [1.54, 1.807) is 0 Å². The van der Waals surface area contributed by atoms with Crippen LogP contribution in [0.5, 0.6) is 0 Å². The van der Waals surface area contributed by atoms with Gasteiger partial charge in [-0.15, -0.1) is 11.3 Å². The molecule has 0 amide bonds. The largest absolute Gasteiger partial charge is 0.309 e. The molecule has 0 aliphatic carbocycles. The van der Waals surface area contributed by atoms with Crippen LogP contribution in [0.1, 0.15) is 4.88 Å². The fraction of sp³-hybridized carbons (Fsp3) is 0.500. The van der Waals surface area contributed by atoms with Crippen molar-refractivity contribution in [2.45, 2.75) is 6.42 Å². The van der Waals surface area contributed by atoms with Gasteiger partial charge in [-0.3, -0.25) is 0 Å². The van der Waals surface area contributed by atoms with Gasteiger partial charge in [0.1, 0.15) is 0 Å². The predicted molar refractivity (Wildman–Crippen MR) is 46.6 cm³/mol. The predicted octanol–water partition coefficient (Wildman–Crippen LogP) is 1.85. The number of thiophene rings is 1. The lowest BCUT2D eigenvalue weighted by Gasteiger charge is -2.06. The number of rotatable bonds is 3. The van der Waals surface area contributed by atoms with Gasteiger partial charge in [-0.25, -0.2) is 0 Å². The lowest BCUT2D eigenvalue weighted by atomic mass is 10.3. The standard InChI is InChI=1S/C8H13NS/c1-9(2)6-5-8-4-3-7-10-8/h3-4,7H,5-6H2,1-2H3. The molecule has 1 aromatic heterocycles. The van der Waals surface area contributed by atoms with E-state index in [4.69, 9.17) is 0 Å². The summed E-state index contributed by atoms with van der Waals surface area (Å²) in [5, 5.41) is 2.13. The van der Waals surface area contributed by atoms with Crippen LogP contribution in [0.25, 0.3) is 0 Å². The molecule has 0 unspecified atom stereocenters. The van der Waals surface area contributed by atoms with Crippen LogP contribution < -0.4 is 0 Å². The molecular weight excluding hydrogens is 142 g/mol. The minimum atomic E-state index is 1.15. The third-order valence-corrected chi connectivity index (χ3v) is 2.32. The van der Waals surface area contributed by atoms with Crippen LogP contribution in [0.4, 0.5) is 0 Å². The Hall–Kier alpha value is -0.340. The van der Waals surface area contributed by atoms with Gasteiger partial charge >= 0.3 is 0 Å². The summed E-state index contributed by atoms with van der Waals surface area (Å²) < 4.78 is 0. The average Bonchev–Trinajstić information content (AvgIpc) is 2.34. The van der Waals surface area contributed by atoms with Gasteiger partial charge in [0.05, 0.1) is 0 Å². The van der Waals surface area contributed by atoms with Gasteiger partial charge in [-0.05, 0) is 32.0 Å². The Balaban J connectivity index is 2.28. The summed E-state index contributed by atoms with van der Waals surface area (Å²) in [6, 6.07) is 4.30. The number of likely N-dealkylation sites (N-methyl/N-ethyl adjacent to an activating group) is 1. The number of hydrogen-bond donors (Lipinski definition) is 0. The first-order valence-electron chi connectivity index (χ1n) is 3.46. The minimum absolute atomic E-state index is 1.15. The van der Waals surface area contributed by atoms with Crippen LogP contribution >= 0.6 is 11.3 Å². The van der Waals surface area contributed by atoms with Crippen molar-refractivity contribution in [1.82, 2.24) is 4.90 Å². The van der Waals surface area contributed by atoms with Gasteiger partial charge in [0.15, 0.2) is 0 Å². The van der Waals surface area contributed by atoms with Crippen molar-refractivity contribution in [1.29, 1.82) is 0 Å². The topological polar surface area (TPSA) is 3.24 Å². The Morgan fingerprint density at radius 2 is 2.30 bits per heavy atom. The highest BCUT2D eigenvalue weighted by Gasteiger charge is 1.93. The normalized spacial score (nSPS) is 10.7. The van der Waals surface area contributed by atoms with Crippen LogP contribution in [-0.2, 0) is 6.42 Å². The first-order valence-corrected chi connectivity index (χ1v) is 4.34. The lowest BCUT2D eigenvalue weighted by Crippen LogP contribution is -2.14. The second-order valence-electron chi connectivity index (χ2n) is 2.63. The zero-order valence-corrected chi connectivity index (χ0v) is 7.32. The molecule has 1 heterocycles. The molecule has 0 radical (unpaired) electrons. The van der Waals surface area contributed by atoms with E-state index in [1.807, 2.05) is 11.3 Å². The Morgan fingerprint density at radius 3 is 2.80 bits per heavy atom. The van der Waals surface area contributed by atoms with Crippen molar-refractivity contribution < 1.29 is 0 Å². The fourth-order valence-corrected chi connectivity index (χ4v) is 1.49. The highest BCUT2D eigenvalue weighted by molar-refractivity contribution is 7.09. The summed E-state index contributed by atoms with van der Waals surface area (Å²) in [4.78, 5) is 3.69. The molecule has 0 saturated carbocycles. The molecule has 0 spiro atoms. The molecule has 1 nitrogen and oxygen atoms in total. The molecule has 0 aliphatic rings. The van der Waals surface area contributed by atoms with Gasteiger partial charge < -0.3 is 4.90 Å². The first-order chi connectivity index (χ1) is 4.79. The smallest absolute Gasteiger partial charge is 0.00579 e.